The standard InChI is InChI=1S/C22H26N2O5/c1-28-21(26)16-23-22(27)18-9-5-10-19(15-18)24-20(25)11-6-13-29-14-12-17-7-3-2-4-8-17/h2-5,7-10,15H,6,11-14,16H2,1H3,(H,23,27)(H,24,25). The van der Waals surface area contributed by atoms with Crippen LogP contribution in [0.2, 0.25) is 0 Å². The van der Waals surface area contributed by atoms with Crippen LogP contribution >= 0.6 is 0 Å². The molecule has 0 aliphatic heterocycles. The van der Waals surface area contributed by atoms with Crippen LogP contribution in [0.3, 0.4) is 0 Å². The number of hydrogen-bond donors (Lipinski definition) is 2. The van der Waals surface area contributed by atoms with Gasteiger partial charge in [-0.1, -0.05) is 36.4 Å². The van der Waals surface area contributed by atoms with Crippen LogP contribution in [-0.2, 0) is 25.5 Å². The van der Waals surface area contributed by atoms with Crippen molar-refractivity contribution in [3.8, 4) is 0 Å². The lowest BCUT2D eigenvalue weighted by Gasteiger charge is -2.08. The Hall–Kier alpha value is -3.19. The van der Waals surface area contributed by atoms with Gasteiger partial charge in [-0.25, -0.2) is 0 Å². The van der Waals surface area contributed by atoms with Crippen LogP contribution < -0.4 is 10.6 Å². The van der Waals surface area contributed by atoms with E-state index in [0.717, 1.165) is 6.42 Å². The first-order valence-corrected chi connectivity index (χ1v) is 9.45. The van der Waals surface area contributed by atoms with E-state index < -0.39 is 11.9 Å². The van der Waals surface area contributed by atoms with E-state index in [4.69, 9.17) is 4.74 Å². The van der Waals surface area contributed by atoms with Crippen molar-refractivity contribution >= 4 is 23.5 Å². The van der Waals surface area contributed by atoms with Crippen LogP contribution in [0.4, 0.5) is 5.69 Å². The van der Waals surface area contributed by atoms with E-state index in [0.29, 0.717) is 37.3 Å². The highest BCUT2D eigenvalue weighted by Gasteiger charge is 2.10. The maximum absolute atomic E-state index is 12.1. The number of benzene rings is 2. The molecule has 0 aliphatic carbocycles. The first kappa shape index (κ1) is 22.1. The topological polar surface area (TPSA) is 93.7 Å². The molecule has 0 radical (unpaired) electrons. The van der Waals surface area contributed by atoms with Gasteiger partial charge in [0.2, 0.25) is 5.91 Å². The third-order valence-electron chi connectivity index (χ3n) is 4.10. The molecular weight excluding hydrogens is 372 g/mol. The van der Waals surface area contributed by atoms with Crippen molar-refractivity contribution in [1.29, 1.82) is 0 Å². The molecule has 7 heteroatoms. The molecule has 29 heavy (non-hydrogen) atoms. The predicted molar refractivity (Wildman–Crippen MR) is 110 cm³/mol. The molecule has 2 aromatic rings. The fourth-order valence-corrected chi connectivity index (χ4v) is 2.56. The van der Waals surface area contributed by atoms with Crippen molar-refractivity contribution in [2.75, 3.05) is 32.2 Å². The molecule has 0 saturated heterocycles. The Kier molecular flexibility index (Phi) is 9.38. The number of hydrogen-bond acceptors (Lipinski definition) is 5. The molecule has 2 amide bonds. The third-order valence-corrected chi connectivity index (χ3v) is 4.10. The highest BCUT2D eigenvalue weighted by atomic mass is 16.5. The summed E-state index contributed by atoms with van der Waals surface area (Å²) in [6.07, 6.45) is 1.78. The Bertz CT molecular complexity index is 808. The molecule has 0 aliphatic rings. The number of methoxy groups -OCH3 is 1. The van der Waals surface area contributed by atoms with Crippen LogP contribution in [0.25, 0.3) is 0 Å². The Morgan fingerprint density at radius 1 is 0.966 bits per heavy atom. The van der Waals surface area contributed by atoms with Crippen molar-refractivity contribution in [2.45, 2.75) is 19.3 Å². The van der Waals surface area contributed by atoms with Gasteiger partial charge in [0.05, 0.1) is 13.7 Å². The molecule has 154 valence electrons. The number of amides is 2. The van der Waals surface area contributed by atoms with Gasteiger partial charge in [-0.2, -0.15) is 0 Å². The fraction of sp³-hybridized carbons (Fsp3) is 0.318. The van der Waals surface area contributed by atoms with E-state index in [1.165, 1.54) is 12.7 Å². The lowest BCUT2D eigenvalue weighted by molar-refractivity contribution is -0.139. The summed E-state index contributed by atoms with van der Waals surface area (Å²) in [5, 5.41) is 5.22. The molecule has 0 spiro atoms. The highest BCUT2D eigenvalue weighted by molar-refractivity contribution is 5.98. The van der Waals surface area contributed by atoms with Gasteiger partial charge in [0.25, 0.3) is 5.91 Å². The minimum atomic E-state index is -0.534. The first-order valence-electron chi connectivity index (χ1n) is 9.45. The largest absolute Gasteiger partial charge is 0.468 e. The second-order valence-corrected chi connectivity index (χ2v) is 6.34. The number of nitrogens with one attached hydrogen (secondary N) is 2. The smallest absolute Gasteiger partial charge is 0.325 e. The number of anilines is 1. The lowest BCUT2D eigenvalue weighted by Crippen LogP contribution is -2.30. The summed E-state index contributed by atoms with van der Waals surface area (Å²) in [7, 11) is 1.25. The normalized spacial score (nSPS) is 10.2. The zero-order valence-electron chi connectivity index (χ0n) is 16.5. The van der Waals surface area contributed by atoms with Gasteiger partial charge >= 0.3 is 5.97 Å². The highest BCUT2D eigenvalue weighted by Crippen LogP contribution is 2.11. The van der Waals surface area contributed by atoms with E-state index >= 15 is 0 Å². The maximum Gasteiger partial charge on any atom is 0.325 e. The van der Waals surface area contributed by atoms with Crippen molar-refractivity contribution in [3.05, 3.63) is 65.7 Å². The number of carbonyl (C=O) groups excluding carboxylic acids is 3. The monoisotopic (exact) mass is 398 g/mol. The van der Waals surface area contributed by atoms with Gasteiger partial charge in [-0.15, -0.1) is 0 Å². The molecule has 2 rings (SSSR count). The molecule has 7 nitrogen and oxygen atoms in total. The molecule has 0 bridgehead atoms. The average Bonchev–Trinajstić information content (AvgIpc) is 2.75. The summed E-state index contributed by atoms with van der Waals surface area (Å²) in [5.41, 5.74) is 2.09. The van der Waals surface area contributed by atoms with Crippen molar-refractivity contribution in [2.24, 2.45) is 0 Å². The second-order valence-electron chi connectivity index (χ2n) is 6.34. The summed E-state index contributed by atoms with van der Waals surface area (Å²) < 4.78 is 10.0. The lowest BCUT2D eigenvalue weighted by atomic mass is 10.2. The summed E-state index contributed by atoms with van der Waals surface area (Å²) in [4.78, 5) is 35.2. The molecule has 0 saturated carbocycles. The molecule has 0 unspecified atom stereocenters. The van der Waals surface area contributed by atoms with Crippen LogP contribution in [-0.4, -0.2) is 44.7 Å². The molecular formula is C22H26N2O5. The van der Waals surface area contributed by atoms with Crippen molar-refractivity contribution in [3.63, 3.8) is 0 Å². The first-order chi connectivity index (χ1) is 14.1. The van der Waals surface area contributed by atoms with E-state index in [1.54, 1.807) is 24.3 Å². The summed E-state index contributed by atoms with van der Waals surface area (Å²) in [6, 6.07) is 16.6. The summed E-state index contributed by atoms with van der Waals surface area (Å²) in [5.74, 6) is -1.10. The van der Waals surface area contributed by atoms with Crippen molar-refractivity contribution in [1.82, 2.24) is 5.32 Å². The summed E-state index contributed by atoms with van der Waals surface area (Å²) >= 11 is 0. The van der Waals surface area contributed by atoms with E-state index in [1.807, 2.05) is 18.2 Å². The number of esters is 1. The molecule has 0 atom stereocenters. The van der Waals surface area contributed by atoms with Crippen LogP contribution in [0.1, 0.15) is 28.8 Å². The SMILES string of the molecule is COC(=O)CNC(=O)c1cccc(NC(=O)CCCOCCc2ccccc2)c1. The molecule has 0 aromatic heterocycles. The molecule has 0 heterocycles. The van der Waals surface area contributed by atoms with Crippen LogP contribution in [0.15, 0.2) is 54.6 Å². The summed E-state index contributed by atoms with van der Waals surface area (Å²) in [6.45, 7) is 0.917. The Morgan fingerprint density at radius 3 is 2.52 bits per heavy atom. The molecule has 0 fully saturated rings. The predicted octanol–water partition coefficient (Wildman–Crippen LogP) is 2.57. The number of ether oxygens (including phenoxy) is 2. The molecule has 2 aromatic carbocycles. The maximum atomic E-state index is 12.1. The minimum absolute atomic E-state index is 0.149. The zero-order valence-corrected chi connectivity index (χ0v) is 16.5. The Labute approximate surface area is 170 Å². The van der Waals surface area contributed by atoms with Gasteiger partial charge in [0.15, 0.2) is 0 Å². The van der Waals surface area contributed by atoms with Crippen LogP contribution in [0.5, 0.6) is 0 Å². The Balaban J connectivity index is 1.66. The van der Waals surface area contributed by atoms with Gasteiger partial charge in [-0.05, 0) is 36.6 Å². The van der Waals surface area contributed by atoms with Gasteiger partial charge in [-0.3, -0.25) is 14.4 Å². The zero-order chi connectivity index (χ0) is 20.9. The third kappa shape index (κ3) is 8.57. The van der Waals surface area contributed by atoms with Gasteiger partial charge < -0.3 is 20.1 Å². The van der Waals surface area contributed by atoms with E-state index in [9.17, 15) is 14.4 Å². The fourth-order valence-electron chi connectivity index (χ4n) is 2.56. The average molecular weight is 398 g/mol. The minimum Gasteiger partial charge on any atom is -0.468 e. The van der Waals surface area contributed by atoms with Gasteiger partial charge in [0.1, 0.15) is 6.54 Å². The second kappa shape index (κ2) is 12.3. The van der Waals surface area contributed by atoms with E-state index in [2.05, 4.69) is 27.5 Å². The number of rotatable bonds is 11. The van der Waals surface area contributed by atoms with E-state index in [-0.39, 0.29) is 12.5 Å². The van der Waals surface area contributed by atoms with Gasteiger partial charge in [0, 0.05) is 24.3 Å². The number of carbonyl (C=O) groups is 3. The quantitative estimate of drug-likeness (QED) is 0.448. The Morgan fingerprint density at radius 2 is 1.76 bits per heavy atom. The van der Waals surface area contributed by atoms with Crippen molar-refractivity contribution < 1.29 is 23.9 Å². The van der Waals surface area contributed by atoms with Crippen LogP contribution in [0, 0.1) is 0 Å². The molecule has 2 N–H and O–H groups in total.